The van der Waals surface area contributed by atoms with Crippen molar-refractivity contribution in [1.29, 1.82) is 0 Å². The largest absolute Gasteiger partial charge is 0.497 e. The number of piperazine rings is 1. The molecule has 30 heavy (non-hydrogen) atoms. The van der Waals surface area contributed by atoms with Crippen LogP contribution in [0.2, 0.25) is 0 Å². The molecule has 6 heteroatoms. The number of hydrogen-bond acceptors (Lipinski definition) is 4. The van der Waals surface area contributed by atoms with E-state index in [4.69, 9.17) is 9.47 Å². The Morgan fingerprint density at radius 3 is 2.63 bits per heavy atom. The van der Waals surface area contributed by atoms with Crippen LogP contribution in [-0.2, 0) is 20.7 Å². The number of hydrogen-bond donors (Lipinski definition) is 0. The second kappa shape index (κ2) is 8.88. The molecule has 0 aromatic heterocycles. The quantitative estimate of drug-likeness (QED) is 0.763. The minimum atomic E-state index is -0.483. The number of methoxy groups -OCH3 is 1. The normalized spacial score (nSPS) is 21.7. The van der Waals surface area contributed by atoms with Gasteiger partial charge in [-0.25, -0.2) is 0 Å². The SMILES string of the molecule is COc1cccc(-c2ccc(C[C@@H]3C(=O)N(C)CCN3C(=O)[C@H]3CCCO3)cc2)c1. The third kappa shape index (κ3) is 4.19. The zero-order valence-electron chi connectivity index (χ0n) is 17.5. The molecule has 2 aromatic rings. The summed E-state index contributed by atoms with van der Waals surface area (Å²) in [5.74, 6) is 0.757. The maximum atomic E-state index is 13.0. The summed E-state index contributed by atoms with van der Waals surface area (Å²) in [6.07, 6.45) is 1.73. The van der Waals surface area contributed by atoms with Gasteiger partial charge in [-0.15, -0.1) is 0 Å². The average Bonchev–Trinajstić information content (AvgIpc) is 3.32. The first-order valence-corrected chi connectivity index (χ1v) is 10.5. The molecule has 2 atom stereocenters. The van der Waals surface area contributed by atoms with Crippen molar-refractivity contribution < 1.29 is 19.1 Å². The lowest BCUT2D eigenvalue weighted by molar-refractivity contribution is -0.155. The number of nitrogens with zero attached hydrogens (tertiary/aromatic N) is 2. The van der Waals surface area contributed by atoms with E-state index in [1.807, 2.05) is 48.5 Å². The molecule has 2 fully saturated rings. The Kier molecular flexibility index (Phi) is 6.04. The Morgan fingerprint density at radius 1 is 1.13 bits per heavy atom. The first-order chi connectivity index (χ1) is 14.6. The van der Waals surface area contributed by atoms with E-state index in [9.17, 15) is 9.59 Å². The average molecular weight is 408 g/mol. The molecule has 6 nitrogen and oxygen atoms in total. The lowest BCUT2D eigenvalue weighted by atomic mass is 9.97. The van der Waals surface area contributed by atoms with E-state index in [-0.39, 0.29) is 11.8 Å². The first-order valence-electron chi connectivity index (χ1n) is 10.5. The fraction of sp³-hybridized carbons (Fsp3) is 0.417. The highest BCUT2D eigenvalue weighted by molar-refractivity contribution is 5.90. The van der Waals surface area contributed by atoms with Crippen LogP contribution in [0, 0.1) is 0 Å². The zero-order chi connectivity index (χ0) is 21.1. The molecule has 158 valence electrons. The first kappa shape index (κ1) is 20.4. The van der Waals surface area contributed by atoms with Crippen LogP contribution in [0.1, 0.15) is 18.4 Å². The van der Waals surface area contributed by atoms with E-state index in [2.05, 4.69) is 0 Å². The molecule has 2 amide bonds. The van der Waals surface area contributed by atoms with Crippen molar-refractivity contribution in [3.05, 3.63) is 54.1 Å². The second-order valence-electron chi connectivity index (χ2n) is 7.94. The lowest BCUT2D eigenvalue weighted by Gasteiger charge is -2.40. The molecule has 0 bridgehead atoms. The standard InChI is InChI=1S/C24H28N2O4/c1-25-12-13-26(24(28)22-7-4-14-30-22)21(23(25)27)15-17-8-10-18(11-9-17)19-5-3-6-20(16-19)29-2/h3,5-6,8-11,16,21-22H,4,7,12-15H2,1-2H3/t21-,22-/m1/s1. The third-order valence-corrected chi connectivity index (χ3v) is 5.99. The molecule has 4 rings (SSSR count). The van der Waals surface area contributed by atoms with Crippen molar-refractivity contribution in [2.45, 2.75) is 31.4 Å². The molecule has 2 aromatic carbocycles. The van der Waals surface area contributed by atoms with Crippen LogP contribution in [0.4, 0.5) is 0 Å². The van der Waals surface area contributed by atoms with Crippen molar-refractivity contribution in [3.63, 3.8) is 0 Å². The summed E-state index contributed by atoms with van der Waals surface area (Å²) in [4.78, 5) is 29.3. The molecule has 0 radical (unpaired) electrons. The molecule has 2 aliphatic heterocycles. The number of ether oxygens (including phenoxy) is 2. The monoisotopic (exact) mass is 408 g/mol. The molecule has 0 aliphatic carbocycles. The van der Waals surface area contributed by atoms with Gasteiger partial charge in [0, 0.05) is 33.2 Å². The van der Waals surface area contributed by atoms with Crippen molar-refractivity contribution in [1.82, 2.24) is 9.80 Å². The van der Waals surface area contributed by atoms with Crippen molar-refractivity contribution in [2.24, 2.45) is 0 Å². The third-order valence-electron chi connectivity index (χ3n) is 5.99. The molecule has 2 aliphatic rings. The van der Waals surface area contributed by atoms with Gasteiger partial charge in [0.05, 0.1) is 7.11 Å². The van der Waals surface area contributed by atoms with Crippen molar-refractivity contribution in [3.8, 4) is 16.9 Å². The van der Waals surface area contributed by atoms with Crippen LogP contribution in [-0.4, -0.2) is 67.6 Å². The summed E-state index contributed by atoms with van der Waals surface area (Å²) in [5.41, 5.74) is 3.18. The predicted molar refractivity (Wildman–Crippen MR) is 114 cm³/mol. The van der Waals surface area contributed by atoms with E-state index in [0.29, 0.717) is 26.1 Å². The molecule has 2 saturated heterocycles. The number of carbonyl (C=O) groups excluding carboxylic acids is 2. The van der Waals surface area contributed by atoms with Gasteiger partial charge < -0.3 is 19.3 Å². The van der Waals surface area contributed by atoms with E-state index in [1.165, 1.54) is 0 Å². The Balaban J connectivity index is 1.52. The fourth-order valence-electron chi connectivity index (χ4n) is 4.19. The highest BCUT2D eigenvalue weighted by Crippen LogP contribution is 2.26. The summed E-state index contributed by atoms with van der Waals surface area (Å²) in [5, 5.41) is 0. The Hall–Kier alpha value is -2.86. The second-order valence-corrected chi connectivity index (χ2v) is 7.94. The molecular formula is C24H28N2O4. The Morgan fingerprint density at radius 2 is 1.93 bits per heavy atom. The smallest absolute Gasteiger partial charge is 0.252 e. The zero-order valence-corrected chi connectivity index (χ0v) is 17.5. The van der Waals surface area contributed by atoms with Gasteiger partial charge >= 0.3 is 0 Å². The van der Waals surface area contributed by atoms with E-state index >= 15 is 0 Å². The maximum Gasteiger partial charge on any atom is 0.252 e. The van der Waals surface area contributed by atoms with Crippen LogP contribution in [0.3, 0.4) is 0 Å². The van der Waals surface area contributed by atoms with Crippen LogP contribution in [0.5, 0.6) is 5.75 Å². The highest BCUT2D eigenvalue weighted by atomic mass is 16.5. The van der Waals surface area contributed by atoms with Gasteiger partial charge in [-0.2, -0.15) is 0 Å². The number of benzene rings is 2. The molecule has 0 saturated carbocycles. The molecule has 0 spiro atoms. The van der Waals surface area contributed by atoms with Gasteiger partial charge in [0.15, 0.2) is 0 Å². The maximum absolute atomic E-state index is 13.0. The lowest BCUT2D eigenvalue weighted by Crippen LogP contribution is -2.60. The molecule has 0 N–H and O–H groups in total. The fourth-order valence-corrected chi connectivity index (χ4v) is 4.19. The van der Waals surface area contributed by atoms with E-state index in [0.717, 1.165) is 35.3 Å². The topological polar surface area (TPSA) is 59.1 Å². The minimum absolute atomic E-state index is 0.00975. The highest BCUT2D eigenvalue weighted by Gasteiger charge is 2.39. The number of rotatable bonds is 5. The van der Waals surface area contributed by atoms with Crippen LogP contribution in [0.15, 0.2) is 48.5 Å². The number of amides is 2. The molecule has 0 unspecified atom stereocenters. The Bertz CT molecular complexity index is 906. The van der Waals surface area contributed by atoms with Gasteiger partial charge in [-0.05, 0) is 41.7 Å². The van der Waals surface area contributed by atoms with Gasteiger partial charge in [0.25, 0.3) is 5.91 Å². The van der Waals surface area contributed by atoms with Crippen LogP contribution >= 0.6 is 0 Å². The van der Waals surface area contributed by atoms with Gasteiger partial charge in [0.2, 0.25) is 5.91 Å². The summed E-state index contributed by atoms with van der Waals surface area (Å²) >= 11 is 0. The summed E-state index contributed by atoms with van der Waals surface area (Å²) in [7, 11) is 3.46. The Labute approximate surface area is 177 Å². The van der Waals surface area contributed by atoms with E-state index < -0.39 is 12.1 Å². The van der Waals surface area contributed by atoms with Gasteiger partial charge in [0.1, 0.15) is 17.9 Å². The van der Waals surface area contributed by atoms with Gasteiger partial charge in [-0.1, -0.05) is 36.4 Å². The summed E-state index contributed by atoms with van der Waals surface area (Å²) in [6, 6.07) is 15.6. The van der Waals surface area contributed by atoms with Crippen LogP contribution in [0.25, 0.3) is 11.1 Å². The molecular weight excluding hydrogens is 380 g/mol. The van der Waals surface area contributed by atoms with Crippen LogP contribution < -0.4 is 4.74 Å². The number of carbonyl (C=O) groups is 2. The minimum Gasteiger partial charge on any atom is -0.497 e. The number of likely N-dealkylation sites (N-methyl/N-ethyl adjacent to an activating group) is 1. The van der Waals surface area contributed by atoms with E-state index in [1.54, 1.807) is 24.0 Å². The predicted octanol–water partition coefficient (Wildman–Crippen LogP) is 2.75. The van der Waals surface area contributed by atoms with Crippen molar-refractivity contribution >= 4 is 11.8 Å². The molecule has 2 heterocycles. The summed E-state index contributed by atoms with van der Waals surface area (Å²) < 4.78 is 10.9. The van der Waals surface area contributed by atoms with Crippen molar-refractivity contribution in [2.75, 3.05) is 33.9 Å². The van der Waals surface area contributed by atoms with Gasteiger partial charge in [-0.3, -0.25) is 9.59 Å². The summed E-state index contributed by atoms with van der Waals surface area (Å²) in [6.45, 7) is 1.73.